The molecule has 1 amide bonds. The fourth-order valence-electron chi connectivity index (χ4n) is 3.90. The molecule has 4 rings (SSSR count). The molecule has 0 saturated heterocycles. The van der Waals surface area contributed by atoms with Crippen molar-refractivity contribution in [2.45, 2.75) is 26.3 Å². The fraction of sp³-hybridized carbons (Fsp3) is 0.179. The van der Waals surface area contributed by atoms with Gasteiger partial charge in [-0.15, -0.1) is 0 Å². The van der Waals surface area contributed by atoms with E-state index in [1.54, 1.807) is 37.3 Å². The van der Waals surface area contributed by atoms with Gasteiger partial charge >= 0.3 is 5.97 Å². The number of aromatic nitrogens is 1. The van der Waals surface area contributed by atoms with E-state index >= 15 is 0 Å². The maximum absolute atomic E-state index is 12.7. The molecule has 0 unspecified atom stereocenters. The van der Waals surface area contributed by atoms with Gasteiger partial charge in [-0.2, -0.15) is 0 Å². The van der Waals surface area contributed by atoms with E-state index in [2.05, 4.69) is 15.6 Å². The Bertz CT molecular complexity index is 1430. The van der Waals surface area contributed by atoms with Crippen LogP contribution in [-0.4, -0.2) is 39.2 Å². The molecule has 0 saturated carbocycles. The molecule has 1 aromatic heterocycles. The number of nitrogens with zero attached hydrogens (tertiary/aromatic N) is 1. The number of carbonyl (C=O) groups is 2. The molecule has 1 heterocycles. The number of hydrogen-bond donors (Lipinski definition) is 4. The third kappa shape index (κ3) is 5.38. The van der Waals surface area contributed by atoms with Crippen molar-refractivity contribution < 1.29 is 24.5 Å². The van der Waals surface area contributed by atoms with Gasteiger partial charge in [0.05, 0.1) is 27.8 Å². The number of carbonyl (C=O) groups excluding carboxylic acids is 1. The first-order valence-electron chi connectivity index (χ1n) is 11.4. The number of ether oxygens (including phenoxy) is 1. The Morgan fingerprint density at radius 1 is 1.00 bits per heavy atom. The summed E-state index contributed by atoms with van der Waals surface area (Å²) < 4.78 is 6.16. The lowest BCUT2D eigenvalue weighted by atomic mass is 10.0. The summed E-state index contributed by atoms with van der Waals surface area (Å²) in [5.41, 5.74) is 1.66. The Morgan fingerprint density at radius 3 is 2.42 bits per heavy atom. The zero-order valence-electron chi connectivity index (χ0n) is 20.2. The lowest BCUT2D eigenvalue weighted by molar-refractivity contribution is 0.0696. The van der Waals surface area contributed by atoms with Crippen LogP contribution in [0.1, 0.15) is 40.3 Å². The van der Waals surface area contributed by atoms with Crippen LogP contribution in [0, 0.1) is 6.92 Å². The van der Waals surface area contributed by atoms with E-state index in [1.165, 1.54) is 12.1 Å². The molecule has 0 spiro atoms. The molecule has 4 aromatic rings. The molecule has 36 heavy (non-hydrogen) atoms. The van der Waals surface area contributed by atoms with Crippen molar-refractivity contribution in [2.75, 3.05) is 11.9 Å². The van der Waals surface area contributed by atoms with E-state index in [0.29, 0.717) is 33.6 Å². The number of aromatic hydroxyl groups is 1. The summed E-state index contributed by atoms with van der Waals surface area (Å²) in [6, 6.07) is 20.7. The minimum absolute atomic E-state index is 0.00272. The van der Waals surface area contributed by atoms with Crippen molar-refractivity contribution in [1.29, 1.82) is 0 Å². The second kappa shape index (κ2) is 9.95. The zero-order chi connectivity index (χ0) is 25.9. The number of carboxylic acid groups (broad SMARTS) is 1. The summed E-state index contributed by atoms with van der Waals surface area (Å²) in [6.45, 7) is 5.38. The highest BCUT2D eigenvalue weighted by molar-refractivity contribution is 6.08. The number of phenolic OH excluding ortho intramolecular Hbond substituents is 1. The number of pyridine rings is 1. The lowest BCUT2D eigenvalue weighted by Gasteiger charge is -2.27. The summed E-state index contributed by atoms with van der Waals surface area (Å²) in [4.78, 5) is 29.4. The average Bonchev–Trinajstić information content (AvgIpc) is 2.82. The molecule has 8 nitrogen and oxygen atoms in total. The van der Waals surface area contributed by atoms with Crippen LogP contribution in [0.3, 0.4) is 0 Å². The molecule has 0 aliphatic carbocycles. The van der Waals surface area contributed by atoms with E-state index in [4.69, 9.17) is 4.74 Å². The molecule has 0 atom stereocenters. The number of fused-ring (bicyclic) bond motifs is 1. The highest BCUT2D eigenvalue weighted by atomic mass is 16.5. The van der Waals surface area contributed by atoms with Gasteiger partial charge in [0.25, 0.3) is 5.91 Å². The number of aryl methyl sites for hydroxylation is 1. The number of carboxylic acids is 1. The molecule has 0 bridgehead atoms. The number of amides is 1. The largest absolute Gasteiger partial charge is 0.508 e. The maximum Gasteiger partial charge on any atom is 0.339 e. The van der Waals surface area contributed by atoms with Gasteiger partial charge in [-0.3, -0.25) is 9.78 Å². The van der Waals surface area contributed by atoms with Gasteiger partial charge in [-0.25, -0.2) is 4.79 Å². The molecule has 8 heteroatoms. The molecule has 0 aliphatic rings. The third-order valence-electron chi connectivity index (χ3n) is 5.56. The summed E-state index contributed by atoms with van der Waals surface area (Å²) in [6.07, 6.45) is 0. The third-order valence-corrected chi connectivity index (χ3v) is 5.56. The predicted molar refractivity (Wildman–Crippen MR) is 138 cm³/mol. The van der Waals surface area contributed by atoms with Crippen LogP contribution >= 0.6 is 0 Å². The van der Waals surface area contributed by atoms with Crippen molar-refractivity contribution in [3.63, 3.8) is 0 Å². The Kier molecular flexibility index (Phi) is 6.78. The number of rotatable bonds is 8. The van der Waals surface area contributed by atoms with Crippen molar-refractivity contribution in [3.8, 4) is 11.5 Å². The lowest BCUT2D eigenvalue weighted by Crippen LogP contribution is -2.47. The van der Waals surface area contributed by atoms with Gasteiger partial charge in [0.15, 0.2) is 0 Å². The van der Waals surface area contributed by atoms with Crippen LogP contribution < -0.4 is 15.4 Å². The second-order valence-corrected chi connectivity index (χ2v) is 9.07. The van der Waals surface area contributed by atoms with Gasteiger partial charge in [0, 0.05) is 11.3 Å². The van der Waals surface area contributed by atoms with E-state index in [-0.39, 0.29) is 23.8 Å². The molecule has 0 fully saturated rings. The van der Waals surface area contributed by atoms with E-state index in [9.17, 15) is 19.8 Å². The first kappa shape index (κ1) is 24.5. The SMILES string of the molecule is Cc1nc2cccc(OCC(C)(C)NC(=O)c3cccc(O)c3)c2c(Nc2ccccc2)c1C(=O)O. The number of benzene rings is 3. The van der Waals surface area contributed by atoms with Crippen LogP contribution in [0.4, 0.5) is 11.4 Å². The number of para-hydroxylation sites is 1. The molecule has 4 N–H and O–H groups in total. The van der Waals surface area contributed by atoms with Gasteiger partial charge in [-0.05, 0) is 63.2 Å². The first-order chi connectivity index (χ1) is 17.1. The average molecular weight is 486 g/mol. The van der Waals surface area contributed by atoms with Crippen molar-refractivity contribution >= 4 is 34.2 Å². The number of hydrogen-bond acceptors (Lipinski definition) is 6. The molecular formula is C28H27N3O5. The maximum atomic E-state index is 12.7. The van der Waals surface area contributed by atoms with Gasteiger partial charge in [0.1, 0.15) is 23.7 Å². The zero-order valence-corrected chi connectivity index (χ0v) is 20.2. The van der Waals surface area contributed by atoms with Crippen molar-refractivity contribution in [1.82, 2.24) is 10.3 Å². The van der Waals surface area contributed by atoms with Crippen LogP contribution in [0.15, 0.2) is 72.8 Å². The monoisotopic (exact) mass is 485 g/mol. The number of anilines is 2. The van der Waals surface area contributed by atoms with E-state index in [0.717, 1.165) is 5.69 Å². The van der Waals surface area contributed by atoms with Crippen LogP contribution in [-0.2, 0) is 0 Å². The Balaban J connectivity index is 1.68. The quantitative estimate of drug-likeness (QED) is 0.268. The van der Waals surface area contributed by atoms with Crippen LogP contribution in [0.5, 0.6) is 11.5 Å². The van der Waals surface area contributed by atoms with Gasteiger partial charge in [0.2, 0.25) is 0 Å². The minimum atomic E-state index is -1.10. The van der Waals surface area contributed by atoms with Crippen LogP contribution in [0.2, 0.25) is 0 Å². The molecular weight excluding hydrogens is 458 g/mol. The van der Waals surface area contributed by atoms with Crippen LogP contribution in [0.25, 0.3) is 10.9 Å². The molecule has 0 radical (unpaired) electrons. The highest BCUT2D eigenvalue weighted by Crippen LogP contribution is 2.37. The van der Waals surface area contributed by atoms with Crippen molar-refractivity contribution in [3.05, 3.63) is 89.6 Å². The molecule has 0 aliphatic heterocycles. The Morgan fingerprint density at radius 2 is 1.72 bits per heavy atom. The highest BCUT2D eigenvalue weighted by Gasteiger charge is 2.25. The van der Waals surface area contributed by atoms with E-state index in [1.807, 2.05) is 44.2 Å². The Hall–Kier alpha value is -4.59. The van der Waals surface area contributed by atoms with E-state index < -0.39 is 11.5 Å². The minimum Gasteiger partial charge on any atom is -0.508 e. The van der Waals surface area contributed by atoms with Gasteiger partial charge < -0.3 is 25.6 Å². The second-order valence-electron chi connectivity index (χ2n) is 9.07. The Labute approximate surface area is 208 Å². The summed E-state index contributed by atoms with van der Waals surface area (Å²) in [5, 5.41) is 26.3. The fourth-order valence-corrected chi connectivity index (χ4v) is 3.90. The summed E-state index contributed by atoms with van der Waals surface area (Å²) >= 11 is 0. The normalized spacial score (nSPS) is 11.2. The predicted octanol–water partition coefficient (Wildman–Crippen LogP) is 5.28. The van der Waals surface area contributed by atoms with Crippen molar-refractivity contribution in [2.24, 2.45) is 0 Å². The summed E-state index contributed by atoms with van der Waals surface area (Å²) in [7, 11) is 0. The first-order valence-corrected chi connectivity index (χ1v) is 11.4. The number of aromatic carboxylic acids is 1. The number of phenols is 1. The molecule has 184 valence electrons. The summed E-state index contributed by atoms with van der Waals surface area (Å²) in [5.74, 6) is -1.02. The van der Waals surface area contributed by atoms with Gasteiger partial charge in [-0.1, -0.05) is 30.3 Å². The smallest absolute Gasteiger partial charge is 0.339 e. The topological polar surface area (TPSA) is 121 Å². The standard InChI is InChI=1S/C28H27N3O5/c1-17-23(27(34)35)25(30-19-10-5-4-6-11-19)24-21(29-17)13-8-14-22(24)36-16-28(2,3)31-26(33)18-9-7-12-20(32)15-18/h4-15,32H,16H2,1-3H3,(H,29,30)(H,31,33)(H,34,35). The molecule has 3 aromatic carbocycles. The number of nitrogens with one attached hydrogen (secondary N) is 2.